The fraction of sp³-hybridized carbons (Fsp3) is 0.294. The highest BCUT2D eigenvalue weighted by atomic mass is 16.6. The number of benzene rings is 4. The van der Waals surface area contributed by atoms with Crippen molar-refractivity contribution in [2.45, 2.75) is 23.7 Å². The standard InChI is InChI=1S/C34H32O6/c1-2-8-24(9-3-1)34(25-14-16-26(17-15-25)35-18-27-19-36-27,30-10-4-6-12-32(30)39-22-28-20-37-28)31-11-5-7-13-33(31)40-23-29-21-38-29/h1-17,27-29H,18-23H2. The maximum absolute atomic E-state index is 6.45. The second-order valence-corrected chi connectivity index (χ2v) is 10.4. The van der Waals surface area contributed by atoms with Crippen LogP contribution in [0.25, 0.3) is 0 Å². The van der Waals surface area contributed by atoms with Crippen LogP contribution in [0, 0.1) is 0 Å². The van der Waals surface area contributed by atoms with Gasteiger partial charge in [0.1, 0.15) is 55.4 Å². The molecule has 3 unspecified atom stereocenters. The predicted molar refractivity (Wildman–Crippen MR) is 150 cm³/mol. The Hall–Kier alpha value is -3.84. The molecule has 3 aliphatic rings. The van der Waals surface area contributed by atoms with Gasteiger partial charge in [-0.05, 0) is 35.4 Å². The molecule has 6 nitrogen and oxygen atoms in total. The fourth-order valence-corrected chi connectivity index (χ4v) is 5.28. The number of epoxide rings is 3. The van der Waals surface area contributed by atoms with E-state index >= 15 is 0 Å². The second kappa shape index (κ2) is 11.0. The molecule has 3 aliphatic heterocycles. The molecular weight excluding hydrogens is 504 g/mol. The van der Waals surface area contributed by atoms with Crippen LogP contribution in [0.4, 0.5) is 0 Å². The molecule has 0 aromatic heterocycles. The summed E-state index contributed by atoms with van der Waals surface area (Å²) in [4.78, 5) is 0. The third-order valence-electron chi connectivity index (χ3n) is 7.57. The molecule has 4 aromatic rings. The first-order valence-electron chi connectivity index (χ1n) is 13.9. The third-order valence-corrected chi connectivity index (χ3v) is 7.57. The van der Waals surface area contributed by atoms with Crippen molar-refractivity contribution >= 4 is 0 Å². The zero-order valence-electron chi connectivity index (χ0n) is 22.2. The zero-order valence-corrected chi connectivity index (χ0v) is 22.2. The second-order valence-electron chi connectivity index (χ2n) is 10.4. The number of para-hydroxylation sites is 2. The molecule has 4 aromatic carbocycles. The number of ether oxygens (including phenoxy) is 6. The summed E-state index contributed by atoms with van der Waals surface area (Å²) in [5, 5.41) is 0. The quantitative estimate of drug-likeness (QED) is 0.168. The summed E-state index contributed by atoms with van der Waals surface area (Å²) >= 11 is 0. The maximum Gasteiger partial charge on any atom is 0.124 e. The van der Waals surface area contributed by atoms with Crippen molar-refractivity contribution in [3.63, 3.8) is 0 Å². The Morgan fingerprint density at radius 2 is 0.925 bits per heavy atom. The van der Waals surface area contributed by atoms with Crippen molar-refractivity contribution < 1.29 is 28.4 Å². The van der Waals surface area contributed by atoms with Crippen LogP contribution in [0.5, 0.6) is 17.2 Å². The van der Waals surface area contributed by atoms with Gasteiger partial charge in [0.15, 0.2) is 0 Å². The molecule has 3 fully saturated rings. The van der Waals surface area contributed by atoms with Gasteiger partial charge < -0.3 is 28.4 Å². The first kappa shape index (κ1) is 25.1. The van der Waals surface area contributed by atoms with Crippen LogP contribution >= 0.6 is 0 Å². The lowest BCUT2D eigenvalue weighted by Crippen LogP contribution is -2.32. The molecule has 3 atom stereocenters. The molecule has 0 spiro atoms. The molecule has 6 heteroatoms. The van der Waals surface area contributed by atoms with Crippen LogP contribution in [-0.2, 0) is 19.6 Å². The van der Waals surface area contributed by atoms with E-state index in [2.05, 4.69) is 60.7 Å². The summed E-state index contributed by atoms with van der Waals surface area (Å²) in [6, 6.07) is 35.5. The van der Waals surface area contributed by atoms with E-state index in [1.807, 2.05) is 42.5 Å². The summed E-state index contributed by atoms with van der Waals surface area (Å²) in [5.74, 6) is 2.44. The molecule has 0 saturated carbocycles. The van der Waals surface area contributed by atoms with E-state index in [1.165, 1.54) is 0 Å². The van der Waals surface area contributed by atoms with Crippen LogP contribution in [0.15, 0.2) is 103 Å². The molecule has 0 N–H and O–H groups in total. The lowest BCUT2D eigenvalue weighted by Gasteiger charge is -2.38. The monoisotopic (exact) mass is 536 g/mol. The molecule has 7 rings (SSSR count). The van der Waals surface area contributed by atoms with Crippen LogP contribution in [0.3, 0.4) is 0 Å². The molecule has 0 aliphatic carbocycles. The fourth-order valence-electron chi connectivity index (χ4n) is 5.28. The van der Waals surface area contributed by atoms with Gasteiger partial charge in [-0.2, -0.15) is 0 Å². The smallest absolute Gasteiger partial charge is 0.124 e. The Bertz CT molecular complexity index is 1370. The van der Waals surface area contributed by atoms with Gasteiger partial charge >= 0.3 is 0 Å². The first-order chi connectivity index (χ1) is 19.8. The van der Waals surface area contributed by atoms with E-state index < -0.39 is 5.41 Å². The zero-order chi connectivity index (χ0) is 26.8. The van der Waals surface area contributed by atoms with Gasteiger partial charge in [0.05, 0.1) is 25.2 Å². The number of hydrogen-bond acceptors (Lipinski definition) is 6. The molecule has 204 valence electrons. The summed E-state index contributed by atoms with van der Waals surface area (Å²) in [6.45, 7) is 3.81. The van der Waals surface area contributed by atoms with E-state index in [1.54, 1.807) is 0 Å². The summed E-state index contributed by atoms with van der Waals surface area (Å²) < 4.78 is 35.2. The normalized spacial score (nSPS) is 22.1. The van der Waals surface area contributed by atoms with E-state index in [4.69, 9.17) is 28.4 Å². The summed E-state index contributed by atoms with van der Waals surface area (Å²) in [6.07, 6.45) is 0.475. The third kappa shape index (κ3) is 5.30. The molecule has 40 heavy (non-hydrogen) atoms. The Labute approximate surface area is 234 Å². The average molecular weight is 537 g/mol. The Morgan fingerprint density at radius 1 is 0.500 bits per heavy atom. The van der Waals surface area contributed by atoms with E-state index in [9.17, 15) is 0 Å². The van der Waals surface area contributed by atoms with Crippen LogP contribution in [-0.4, -0.2) is 58.0 Å². The number of rotatable bonds is 13. The van der Waals surface area contributed by atoms with E-state index in [0.29, 0.717) is 19.8 Å². The molecule has 3 heterocycles. The lowest BCUT2D eigenvalue weighted by atomic mass is 9.64. The molecular formula is C34H32O6. The molecule has 0 radical (unpaired) electrons. The topological polar surface area (TPSA) is 65.3 Å². The minimum absolute atomic E-state index is 0.139. The molecule has 0 bridgehead atoms. The SMILES string of the molecule is c1ccc(C(c2ccc(OCC3CO3)cc2)(c2ccccc2OCC2CO2)c2ccccc2OCC2CO2)cc1. The van der Waals surface area contributed by atoms with Crippen LogP contribution < -0.4 is 14.2 Å². The van der Waals surface area contributed by atoms with Gasteiger partial charge in [-0.25, -0.2) is 0 Å². The lowest BCUT2D eigenvalue weighted by molar-refractivity contribution is 0.256. The summed E-state index contributed by atoms with van der Waals surface area (Å²) in [7, 11) is 0. The first-order valence-corrected chi connectivity index (χ1v) is 13.9. The van der Waals surface area contributed by atoms with E-state index in [-0.39, 0.29) is 18.3 Å². The van der Waals surface area contributed by atoms with Crippen molar-refractivity contribution in [1.82, 2.24) is 0 Å². The van der Waals surface area contributed by atoms with Gasteiger partial charge in [0.25, 0.3) is 0 Å². The van der Waals surface area contributed by atoms with Gasteiger partial charge in [-0.1, -0.05) is 78.9 Å². The molecule has 0 amide bonds. The van der Waals surface area contributed by atoms with Crippen LogP contribution in [0.1, 0.15) is 22.3 Å². The predicted octanol–water partition coefficient (Wildman–Crippen LogP) is 5.40. The van der Waals surface area contributed by atoms with Crippen molar-refractivity contribution in [2.75, 3.05) is 39.6 Å². The van der Waals surface area contributed by atoms with Crippen molar-refractivity contribution in [1.29, 1.82) is 0 Å². The van der Waals surface area contributed by atoms with Crippen molar-refractivity contribution in [2.24, 2.45) is 0 Å². The largest absolute Gasteiger partial charge is 0.491 e. The van der Waals surface area contributed by atoms with Gasteiger partial charge in [-0.15, -0.1) is 0 Å². The highest BCUT2D eigenvalue weighted by molar-refractivity contribution is 5.66. The highest BCUT2D eigenvalue weighted by Gasteiger charge is 2.43. The minimum Gasteiger partial charge on any atom is -0.491 e. The van der Waals surface area contributed by atoms with Crippen molar-refractivity contribution in [3.05, 3.63) is 125 Å². The van der Waals surface area contributed by atoms with E-state index in [0.717, 1.165) is 59.3 Å². The van der Waals surface area contributed by atoms with Gasteiger partial charge in [0, 0.05) is 11.1 Å². The molecule has 3 saturated heterocycles. The van der Waals surface area contributed by atoms with Crippen molar-refractivity contribution in [3.8, 4) is 17.2 Å². The van der Waals surface area contributed by atoms with Gasteiger partial charge in [0.2, 0.25) is 0 Å². The summed E-state index contributed by atoms with van der Waals surface area (Å²) in [5.41, 5.74) is 3.49. The average Bonchev–Trinajstić information content (AvgIpc) is 3.86. The number of hydrogen-bond donors (Lipinski definition) is 0. The highest BCUT2D eigenvalue weighted by Crippen LogP contribution is 2.51. The minimum atomic E-state index is -0.749. The van der Waals surface area contributed by atoms with Gasteiger partial charge in [-0.3, -0.25) is 0 Å². The maximum atomic E-state index is 6.45. The Balaban J connectivity index is 1.42. The Morgan fingerprint density at radius 3 is 1.43 bits per heavy atom. The Kier molecular flexibility index (Phi) is 6.90. The van der Waals surface area contributed by atoms with Crippen LogP contribution in [0.2, 0.25) is 0 Å².